The summed E-state index contributed by atoms with van der Waals surface area (Å²) in [4.78, 5) is 0. The third-order valence-corrected chi connectivity index (χ3v) is 2.58. The van der Waals surface area contributed by atoms with Crippen molar-refractivity contribution in [1.29, 1.82) is 0 Å². The van der Waals surface area contributed by atoms with Crippen LogP contribution in [-0.4, -0.2) is 30.3 Å². The van der Waals surface area contributed by atoms with Crippen LogP contribution in [0.2, 0.25) is 0 Å². The summed E-state index contributed by atoms with van der Waals surface area (Å²) in [5.41, 5.74) is 5.91. The van der Waals surface area contributed by atoms with Crippen LogP contribution in [-0.2, 0) is 0 Å². The van der Waals surface area contributed by atoms with Crippen LogP contribution in [0.4, 0.5) is 0 Å². The molecule has 0 aliphatic heterocycles. The van der Waals surface area contributed by atoms with Gasteiger partial charge in [-0.3, -0.25) is 0 Å². The van der Waals surface area contributed by atoms with E-state index in [4.69, 9.17) is 10.8 Å². The molecule has 0 unspecified atom stereocenters. The van der Waals surface area contributed by atoms with E-state index in [1.54, 1.807) is 0 Å². The van der Waals surface area contributed by atoms with Gasteiger partial charge in [0.25, 0.3) is 0 Å². The monoisotopic (exact) mass is 172 g/mol. The fraction of sp³-hybridized carbons (Fsp3) is 1.00. The molecule has 1 fully saturated rings. The first kappa shape index (κ1) is 9.96. The number of unbranched alkanes of at least 4 members (excludes halogenated alkanes) is 2. The maximum atomic E-state index is 8.54. The summed E-state index contributed by atoms with van der Waals surface area (Å²) < 4.78 is 0. The lowest BCUT2D eigenvalue weighted by Crippen LogP contribution is -2.38. The molecule has 3 heteroatoms. The summed E-state index contributed by atoms with van der Waals surface area (Å²) >= 11 is 0. The van der Waals surface area contributed by atoms with Crippen LogP contribution in [0.5, 0.6) is 0 Å². The largest absolute Gasteiger partial charge is 0.396 e. The zero-order valence-corrected chi connectivity index (χ0v) is 7.68. The van der Waals surface area contributed by atoms with Crippen LogP contribution in [0.25, 0.3) is 0 Å². The molecule has 0 aromatic carbocycles. The minimum absolute atomic E-state index is 0.305. The first-order chi connectivity index (χ1) is 5.83. The van der Waals surface area contributed by atoms with Gasteiger partial charge in [-0.1, -0.05) is 0 Å². The van der Waals surface area contributed by atoms with E-state index in [1.165, 1.54) is 12.8 Å². The van der Waals surface area contributed by atoms with Gasteiger partial charge in [-0.15, -0.1) is 0 Å². The van der Waals surface area contributed by atoms with Crippen molar-refractivity contribution in [3.8, 4) is 0 Å². The molecule has 72 valence electrons. The van der Waals surface area contributed by atoms with Crippen LogP contribution < -0.4 is 11.1 Å². The Morgan fingerprint density at radius 2 is 2.00 bits per heavy atom. The van der Waals surface area contributed by atoms with Gasteiger partial charge in [0.05, 0.1) is 0 Å². The maximum absolute atomic E-state index is 8.54. The number of nitrogens with two attached hydrogens (primary N) is 1. The molecule has 1 aliphatic carbocycles. The highest BCUT2D eigenvalue weighted by molar-refractivity contribution is 5.02. The number of aliphatic hydroxyl groups excluding tert-OH is 1. The molecule has 0 bridgehead atoms. The van der Waals surface area contributed by atoms with Gasteiger partial charge in [-0.25, -0.2) is 0 Å². The molecule has 0 spiro atoms. The molecule has 0 aromatic rings. The van der Waals surface area contributed by atoms with Crippen LogP contribution in [0.3, 0.4) is 0 Å². The normalized spacial score (nSPS) is 19.5. The standard InChI is InChI=1S/C9H20N2O/c10-8-9(4-5-9)11-6-2-1-3-7-12/h11-12H,1-8,10H2. The highest BCUT2D eigenvalue weighted by Gasteiger charge is 2.40. The highest BCUT2D eigenvalue weighted by atomic mass is 16.2. The maximum Gasteiger partial charge on any atom is 0.0431 e. The Morgan fingerprint density at radius 1 is 1.25 bits per heavy atom. The summed E-state index contributed by atoms with van der Waals surface area (Å²) in [6.07, 6.45) is 5.68. The van der Waals surface area contributed by atoms with Crippen LogP contribution in [0.15, 0.2) is 0 Å². The summed E-state index contributed by atoms with van der Waals surface area (Å²) in [5.74, 6) is 0. The molecule has 0 heterocycles. The number of aliphatic hydroxyl groups is 1. The van der Waals surface area contributed by atoms with Gasteiger partial charge in [0.15, 0.2) is 0 Å². The molecule has 0 atom stereocenters. The summed E-state index contributed by atoms with van der Waals surface area (Å²) in [5, 5.41) is 12.0. The van der Waals surface area contributed by atoms with Gasteiger partial charge in [0.1, 0.15) is 0 Å². The van der Waals surface area contributed by atoms with Gasteiger partial charge in [-0.05, 0) is 38.6 Å². The Bertz CT molecular complexity index is 124. The number of rotatable bonds is 7. The Morgan fingerprint density at radius 3 is 2.50 bits per heavy atom. The van der Waals surface area contributed by atoms with Crippen molar-refractivity contribution in [3.05, 3.63) is 0 Å². The molecular formula is C9H20N2O. The Kier molecular flexibility index (Phi) is 3.98. The third-order valence-electron chi connectivity index (χ3n) is 2.58. The van der Waals surface area contributed by atoms with E-state index in [0.717, 1.165) is 32.4 Å². The van der Waals surface area contributed by atoms with Crippen molar-refractivity contribution in [2.24, 2.45) is 5.73 Å². The smallest absolute Gasteiger partial charge is 0.0431 e. The van der Waals surface area contributed by atoms with E-state index in [1.807, 2.05) is 0 Å². The first-order valence-electron chi connectivity index (χ1n) is 4.89. The van der Waals surface area contributed by atoms with Gasteiger partial charge < -0.3 is 16.2 Å². The quantitative estimate of drug-likeness (QED) is 0.482. The van der Waals surface area contributed by atoms with E-state index >= 15 is 0 Å². The van der Waals surface area contributed by atoms with Gasteiger partial charge in [0.2, 0.25) is 0 Å². The Labute approximate surface area is 74.3 Å². The van der Waals surface area contributed by atoms with Crippen LogP contribution in [0, 0.1) is 0 Å². The molecule has 0 saturated heterocycles. The molecule has 1 aliphatic rings. The first-order valence-corrected chi connectivity index (χ1v) is 4.89. The lowest BCUT2D eigenvalue weighted by Gasteiger charge is -2.14. The zero-order chi connectivity index (χ0) is 8.86. The van der Waals surface area contributed by atoms with Crippen molar-refractivity contribution < 1.29 is 5.11 Å². The van der Waals surface area contributed by atoms with E-state index < -0.39 is 0 Å². The molecule has 0 aromatic heterocycles. The van der Waals surface area contributed by atoms with Crippen molar-refractivity contribution in [2.45, 2.75) is 37.6 Å². The van der Waals surface area contributed by atoms with E-state index in [-0.39, 0.29) is 0 Å². The molecular weight excluding hydrogens is 152 g/mol. The van der Waals surface area contributed by atoms with Crippen molar-refractivity contribution >= 4 is 0 Å². The van der Waals surface area contributed by atoms with Crippen molar-refractivity contribution in [1.82, 2.24) is 5.32 Å². The van der Waals surface area contributed by atoms with E-state index in [9.17, 15) is 0 Å². The SMILES string of the molecule is NCC1(NCCCCCO)CC1. The average Bonchev–Trinajstić information content (AvgIpc) is 2.85. The number of hydrogen-bond acceptors (Lipinski definition) is 3. The molecule has 0 amide bonds. The molecule has 1 saturated carbocycles. The average molecular weight is 172 g/mol. The molecule has 3 nitrogen and oxygen atoms in total. The Hall–Kier alpha value is -0.120. The molecule has 1 rings (SSSR count). The van der Waals surface area contributed by atoms with E-state index in [2.05, 4.69) is 5.32 Å². The van der Waals surface area contributed by atoms with Crippen LogP contribution >= 0.6 is 0 Å². The van der Waals surface area contributed by atoms with Crippen molar-refractivity contribution in [2.75, 3.05) is 19.7 Å². The van der Waals surface area contributed by atoms with Crippen molar-refractivity contribution in [3.63, 3.8) is 0 Å². The fourth-order valence-corrected chi connectivity index (χ4v) is 1.37. The second-order valence-electron chi connectivity index (χ2n) is 3.70. The second-order valence-corrected chi connectivity index (χ2v) is 3.70. The Balaban J connectivity index is 1.89. The fourth-order valence-electron chi connectivity index (χ4n) is 1.37. The van der Waals surface area contributed by atoms with Crippen LogP contribution in [0.1, 0.15) is 32.1 Å². The summed E-state index contributed by atoms with van der Waals surface area (Å²) in [6, 6.07) is 0. The minimum Gasteiger partial charge on any atom is -0.396 e. The lowest BCUT2D eigenvalue weighted by atomic mass is 10.2. The predicted octanol–water partition coefficient (Wildman–Crippen LogP) is 0.230. The summed E-state index contributed by atoms with van der Waals surface area (Å²) in [6.45, 7) is 2.15. The second kappa shape index (κ2) is 4.80. The number of hydrogen-bond donors (Lipinski definition) is 3. The molecule has 0 radical (unpaired) electrons. The minimum atomic E-state index is 0.305. The highest BCUT2D eigenvalue weighted by Crippen LogP contribution is 2.33. The topological polar surface area (TPSA) is 58.3 Å². The van der Waals surface area contributed by atoms with Gasteiger partial charge >= 0.3 is 0 Å². The molecule has 4 N–H and O–H groups in total. The lowest BCUT2D eigenvalue weighted by molar-refractivity contribution is 0.282. The summed E-state index contributed by atoms with van der Waals surface area (Å²) in [7, 11) is 0. The molecule has 12 heavy (non-hydrogen) atoms. The zero-order valence-electron chi connectivity index (χ0n) is 7.68. The van der Waals surface area contributed by atoms with E-state index in [0.29, 0.717) is 12.1 Å². The predicted molar refractivity (Wildman–Crippen MR) is 50.0 cm³/mol. The van der Waals surface area contributed by atoms with Gasteiger partial charge in [-0.2, -0.15) is 0 Å². The third kappa shape index (κ3) is 3.09. The van der Waals surface area contributed by atoms with Gasteiger partial charge in [0, 0.05) is 18.7 Å². The number of nitrogens with one attached hydrogen (secondary N) is 1.